The van der Waals surface area contributed by atoms with Gasteiger partial charge >= 0.3 is 0 Å². The molecule has 0 aliphatic carbocycles. The maximum Gasteiger partial charge on any atom is 0.211 e. The van der Waals surface area contributed by atoms with Gasteiger partial charge in [-0.1, -0.05) is 18.2 Å². The highest BCUT2D eigenvalue weighted by molar-refractivity contribution is 7.88. The minimum atomic E-state index is -2.99. The molecule has 2 N–H and O–H groups in total. The predicted molar refractivity (Wildman–Crippen MR) is 77.6 cm³/mol. The molecule has 106 valence electrons. The number of nitrogens with zero attached hydrogens (tertiary/aromatic N) is 1. The summed E-state index contributed by atoms with van der Waals surface area (Å²) in [5, 5.41) is 6.55. The summed E-state index contributed by atoms with van der Waals surface area (Å²) < 4.78 is 24.0. The molecule has 0 atom stereocenters. The lowest BCUT2D eigenvalue weighted by Crippen LogP contribution is -2.52. The van der Waals surface area contributed by atoms with Crippen molar-refractivity contribution in [2.45, 2.75) is 6.54 Å². The van der Waals surface area contributed by atoms with Crippen molar-refractivity contribution in [1.82, 2.24) is 9.62 Å². The van der Waals surface area contributed by atoms with Gasteiger partial charge in [0.1, 0.15) is 0 Å². The number of nitrogens with one attached hydrogen (secondary N) is 2. The molecular formula is C13H21N3O2S. The van der Waals surface area contributed by atoms with Crippen molar-refractivity contribution < 1.29 is 8.42 Å². The van der Waals surface area contributed by atoms with Gasteiger partial charge in [-0.15, -0.1) is 0 Å². The second-order valence-corrected chi connectivity index (χ2v) is 6.97. The molecule has 0 unspecified atom stereocenters. The molecule has 0 saturated carbocycles. The molecule has 0 spiro atoms. The number of sulfonamides is 1. The van der Waals surface area contributed by atoms with Crippen molar-refractivity contribution in [2.75, 3.05) is 38.3 Å². The normalized spacial score (nSPS) is 17.2. The van der Waals surface area contributed by atoms with Crippen molar-refractivity contribution in [3.63, 3.8) is 0 Å². The molecule has 1 aromatic carbocycles. The molecule has 19 heavy (non-hydrogen) atoms. The van der Waals surface area contributed by atoms with E-state index in [-0.39, 0.29) is 0 Å². The first-order valence-corrected chi connectivity index (χ1v) is 8.27. The minimum Gasteiger partial charge on any atom is -0.388 e. The Kier molecular flexibility index (Phi) is 4.44. The summed E-state index contributed by atoms with van der Waals surface area (Å²) in [5.41, 5.74) is 2.35. The predicted octanol–water partition coefficient (Wildman–Crippen LogP) is 0.709. The standard InChI is InChI=1S/C13H21N3O2S/c1-14-13-6-4-3-5-12(13)8-15-7-11-9-16(10-11)19(2,17)18/h3-6,11,14-15H,7-10H2,1-2H3. The molecule has 2 rings (SSSR count). The van der Waals surface area contributed by atoms with Crippen LogP contribution in [0.1, 0.15) is 5.56 Å². The summed E-state index contributed by atoms with van der Waals surface area (Å²) in [4.78, 5) is 0. The minimum absolute atomic E-state index is 0.427. The summed E-state index contributed by atoms with van der Waals surface area (Å²) in [6.07, 6.45) is 1.26. The zero-order valence-corrected chi connectivity index (χ0v) is 12.2. The van der Waals surface area contributed by atoms with E-state index in [1.807, 2.05) is 25.2 Å². The highest BCUT2D eigenvalue weighted by Crippen LogP contribution is 2.18. The summed E-state index contributed by atoms with van der Waals surface area (Å²) in [7, 11) is -1.08. The van der Waals surface area contributed by atoms with E-state index in [9.17, 15) is 8.42 Å². The van der Waals surface area contributed by atoms with Crippen molar-refractivity contribution in [3.05, 3.63) is 29.8 Å². The second-order valence-electron chi connectivity index (χ2n) is 4.98. The highest BCUT2D eigenvalue weighted by Gasteiger charge is 2.32. The maximum atomic E-state index is 11.2. The zero-order valence-electron chi connectivity index (χ0n) is 11.4. The van der Waals surface area contributed by atoms with Gasteiger partial charge < -0.3 is 10.6 Å². The van der Waals surface area contributed by atoms with E-state index in [0.29, 0.717) is 19.0 Å². The fourth-order valence-corrected chi connectivity index (χ4v) is 3.21. The SMILES string of the molecule is CNc1ccccc1CNCC1CN(S(C)(=O)=O)C1. The van der Waals surface area contributed by atoms with Gasteiger partial charge in [0.25, 0.3) is 0 Å². The van der Waals surface area contributed by atoms with Crippen LogP contribution in [0.4, 0.5) is 5.69 Å². The van der Waals surface area contributed by atoms with Gasteiger partial charge in [-0.25, -0.2) is 12.7 Å². The van der Waals surface area contributed by atoms with Crippen LogP contribution in [-0.4, -0.2) is 45.7 Å². The van der Waals surface area contributed by atoms with Crippen molar-refractivity contribution >= 4 is 15.7 Å². The number of rotatable bonds is 6. The van der Waals surface area contributed by atoms with Crippen LogP contribution in [0.15, 0.2) is 24.3 Å². The molecular weight excluding hydrogens is 262 g/mol. The molecule has 0 radical (unpaired) electrons. The van der Waals surface area contributed by atoms with Gasteiger partial charge in [-0.05, 0) is 17.5 Å². The number of para-hydroxylation sites is 1. The van der Waals surface area contributed by atoms with Gasteiger partial charge in [-0.2, -0.15) is 0 Å². The maximum absolute atomic E-state index is 11.2. The smallest absolute Gasteiger partial charge is 0.211 e. The largest absolute Gasteiger partial charge is 0.388 e. The fourth-order valence-electron chi connectivity index (χ4n) is 2.25. The molecule has 6 heteroatoms. The van der Waals surface area contributed by atoms with E-state index in [1.165, 1.54) is 16.1 Å². The van der Waals surface area contributed by atoms with E-state index in [4.69, 9.17) is 0 Å². The monoisotopic (exact) mass is 283 g/mol. The van der Waals surface area contributed by atoms with Crippen molar-refractivity contribution in [2.24, 2.45) is 5.92 Å². The molecule has 0 aromatic heterocycles. The number of anilines is 1. The van der Waals surface area contributed by atoms with Crippen LogP contribution in [0.5, 0.6) is 0 Å². The average Bonchev–Trinajstić information content (AvgIpc) is 2.30. The molecule has 1 fully saturated rings. The average molecular weight is 283 g/mol. The Morgan fingerprint density at radius 3 is 2.63 bits per heavy atom. The van der Waals surface area contributed by atoms with Crippen LogP contribution in [-0.2, 0) is 16.6 Å². The third-order valence-corrected chi connectivity index (χ3v) is 4.66. The fraction of sp³-hybridized carbons (Fsp3) is 0.538. The van der Waals surface area contributed by atoms with Gasteiger partial charge in [0, 0.05) is 38.9 Å². The van der Waals surface area contributed by atoms with Crippen molar-refractivity contribution in [1.29, 1.82) is 0 Å². The number of benzene rings is 1. The first kappa shape index (κ1) is 14.3. The summed E-state index contributed by atoms with van der Waals surface area (Å²) in [6.45, 7) is 2.93. The van der Waals surface area contributed by atoms with Gasteiger partial charge in [0.05, 0.1) is 6.26 Å². The lowest BCUT2D eigenvalue weighted by molar-refractivity contribution is 0.197. The molecule has 1 heterocycles. The third kappa shape index (κ3) is 3.68. The van der Waals surface area contributed by atoms with E-state index < -0.39 is 10.0 Å². The Balaban J connectivity index is 1.74. The molecule has 0 bridgehead atoms. The van der Waals surface area contributed by atoms with Gasteiger partial charge in [0.15, 0.2) is 0 Å². The highest BCUT2D eigenvalue weighted by atomic mass is 32.2. The van der Waals surface area contributed by atoms with Crippen LogP contribution < -0.4 is 10.6 Å². The lowest BCUT2D eigenvalue weighted by Gasteiger charge is -2.37. The molecule has 0 amide bonds. The first-order chi connectivity index (χ1) is 9.00. The second kappa shape index (κ2) is 5.90. The molecule has 5 nitrogen and oxygen atoms in total. The third-order valence-electron chi connectivity index (χ3n) is 3.43. The van der Waals surface area contributed by atoms with Crippen LogP contribution in [0, 0.1) is 5.92 Å². The van der Waals surface area contributed by atoms with E-state index in [2.05, 4.69) is 16.7 Å². The van der Waals surface area contributed by atoms with Crippen LogP contribution in [0.25, 0.3) is 0 Å². The summed E-state index contributed by atoms with van der Waals surface area (Å²) >= 11 is 0. The summed E-state index contributed by atoms with van der Waals surface area (Å²) in [6, 6.07) is 8.16. The molecule has 1 aliphatic rings. The number of hydrogen-bond donors (Lipinski definition) is 2. The quantitative estimate of drug-likeness (QED) is 0.807. The Labute approximate surface area is 115 Å². The molecule has 1 aliphatic heterocycles. The van der Waals surface area contributed by atoms with Gasteiger partial charge in [0.2, 0.25) is 10.0 Å². The van der Waals surface area contributed by atoms with E-state index >= 15 is 0 Å². The summed E-state index contributed by atoms with van der Waals surface area (Å²) in [5.74, 6) is 0.427. The molecule has 1 aromatic rings. The first-order valence-electron chi connectivity index (χ1n) is 6.42. The van der Waals surface area contributed by atoms with Crippen LogP contribution in [0.3, 0.4) is 0 Å². The van der Waals surface area contributed by atoms with E-state index in [1.54, 1.807) is 0 Å². The molecule has 1 saturated heterocycles. The Hall–Kier alpha value is -1.11. The van der Waals surface area contributed by atoms with Gasteiger partial charge in [-0.3, -0.25) is 0 Å². The van der Waals surface area contributed by atoms with E-state index in [0.717, 1.165) is 18.8 Å². The Morgan fingerprint density at radius 2 is 2.00 bits per heavy atom. The van der Waals surface area contributed by atoms with Crippen LogP contribution >= 0.6 is 0 Å². The number of hydrogen-bond acceptors (Lipinski definition) is 4. The Bertz CT molecular complexity index is 524. The lowest BCUT2D eigenvalue weighted by atomic mass is 10.0. The van der Waals surface area contributed by atoms with Crippen LogP contribution in [0.2, 0.25) is 0 Å². The topological polar surface area (TPSA) is 61.4 Å². The Morgan fingerprint density at radius 1 is 1.32 bits per heavy atom. The zero-order chi connectivity index (χ0) is 13.9. The van der Waals surface area contributed by atoms with Crippen molar-refractivity contribution in [3.8, 4) is 0 Å².